The van der Waals surface area contributed by atoms with Gasteiger partial charge in [-0.05, 0) is 36.8 Å². The Morgan fingerprint density at radius 1 is 1.19 bits per heavy atom. The van der Waals surface area contributed by atoms with Crippen molar-refractivity contribution in [3.8, 4) is 11.3 Å². The Balaban J connectivity index is 1.63. The molecule has 0 aliphatic rings. The Hall–Kier alpha value is -3.29. The summed E-state index contributed by atoms with van der Waals surface area (Å²) in [7, 11) is 0. The van der Waals surface area contributed by atoms with E-state index in [0.29, 0.717) is 25.0 Å². The summed E-state index contributed by atoms with van der Waals surface area (Å²) in [5.41, 5.74) is 3.02. The molecule has 0 saturated carbocycles. The van der Waals surface area contributed by atoms with Gasteiger partial charge in [-0.1, -0.05) is 6.92 Å². The van der Waals surface area contributed by atoms with Crippen molar-refractivity contribution in [1.29, 1.82) is 0 Å². The Kier molecular flexibility index (Phi) is 4.53. The first kappa shape index (κ1) is 17.1. The zero-order valence-electron chi connectivity index (χ0n) is 14.9. The third-order valence-electron chi connectivity index (χ3n) is 4.38. The summed E-state index contributed by atoms with van der Waals surface area (Å²) in [6.07, 6.45) is 5.44. The highest BCUT2D eigenvalue weighted by Gasteiger charge is 2.13. The van der Waals surface area contributed by atoms with Crippen molar-refractivity contribution in [2.45, 2.75) is 26.2 Å². The number of hydrogen-bond donors (Lipinski definition) is 1. The predicted molar refractivity (Wildman–Crippen MR) is 98.8 cm³/mol. The molecule has 1 aromatic carbocycles. The minimum Gasteiger partial charge on any atom is -0.356 e. The van der Waals surface area contributed by atoms with Crippen LogP contribution >= 0.6 is 0 Å². The number of halogens is 1. The molecule has 1 N–H and O–H groups in total. The average Bonchev–Trinajstić information content (AvgIpc) is 3.28. The van der Waals surface area contributed by atoms with Crippen LogP contribution in [-0.4, -0.2) is 36.7 Å². The molecule has 0 spiro atoms. The molecule has 4 rings (SSSR count). The third-order valence-corrected chi connectivity index (χ3v) is 4.38. The smallest absolute Gasteiger partial charge is 0.220 e. The summed E-state index contributed by atoms with van der Waals surface area (Å²) in [6, 6.07) is 8.10. The van der Waals surface area contributed by atoms with Gasteiger partial charge in [0.15, 0.2) is 5.65 Å². The third kappa shape index (κ3) is 3.38. The van der Waals surface area contributed by atoms with Gasteiger partial charge in [0, 0.05) is 37.3 Å². The first-order chi connectivity index (χ1) is 13.2. The van der Waals surface area contributed by atoms with E-state index in [-0.39, 0.29) is 11.7 Å². The van der Waals surface area contributed by atoms with Crippen LogP contribution in [0.5, 0.6) is 0 Å². The molecule has 0 saturated heterocycles. The van der Waals surface area contributed by atoms with Crippen LogP contribution in [0.2, 0.25) is 0 Å². The van der Waals surface area contributed by atoms with Crippen LogP contribution in [0.3, 0.4) is 0 Å². The summed E-state index contributed by atoms with van der Waals surface area (Å²) >= 11 is 0. The maximum atomic E-state index is 13.1. The topological polar surface area (TPSA) is 76.6 Å². The van der Waals surface area contributed by atoms with Gasteiger partial charge in [0.1, 0.15) is 17.2 Å². The van der Waals surface area contributed by atoms with E-state index in [4.69, 9.17) is 0 Å². The fraction of sp³-hybridized carbons (Fsp3) is 0.263. The van der Waals surface area contributed by atoms with Crippen molar-refractivity contribution in [2.24, 2.45) is 0 Å². The van der Waals surface area contributed by atoms with Gasteiger partial charge in [-0.2, -0.15) is 5.10 Å². The molecule has 0 fully saturated rings. The van der Waals surface area contributed by atoms with Gasteiger partial charge in [-0.3, -0.25) is 9.20 Å². The number of fused-ring (bicyclic) bond motifs is 3. The number of benzene rings is 1. The number of carbonyl (C=O) groups is 1. The second-order valence-electron chi connectivity index (χ2n) is 6.32. The first-order valence-electron chi connectivity index (χ1n) is 8.90. The zero-order chi connectivity index (χ0) is 18.8. The van der Waals surface area contributed by atoms with Crippen molar-refractivity contribution < 1.29 is 9.18 Å². The number of amides is 1. The van der Waals surface area contributed by atoms with Crippen LogP contribution in [0.15, 0.2) is 42.7 Å². The minimum absolute atomic E-state index is 0.0117. The predicted octanol–water partition coefficient (Wildman–Crippen LogP) is 2.64. The van der Waals surface area contributed by atoms with Gasteiger partial charge < -0.3 is 5.32 Å². The van der Waals surface area contributed by atoms with E-state index in [1.807, 2.05) is 29.8 Å². The van der Waals surface area contributed by atoms with E-state index in [2.05, 4.69) is 20.6 Å². The van der Waals surface area contributed by atoms with Crippen LogP contribution < -0.4 is 5.32 Å². The van der Waals surface area contributed by atoms with Crippen LogP contribution in [-0.2, 0) is 11.2 Å². The van der Waals surface area contributed by atoms with Crippen LogP contribution in [0.25, 0.3) is 22.4 Å². The number of nitrogens with zero attached hydrogens (tertiary/aromatic N) is 5. The second-order valence-corrected chi connectivity index (χ2v) is 6.32. The molecule has 0 bridgehead atoms. The fourth-order valence-corrected chi connectivity index (χ4v) is 2.97. The number of hydrogen-bond acceptors (Lipinski definition) is 4. The van der Waals surface area contributed by atoms with Crippen molar-refractivity contribution in [2.75, 3.05) is 6.54 Å². The summed E-state index contributed by atoms with van der Waals surface area (Å²) in [5, 5.41) is 15.9. The Labute approximate surface area is 154 Å². The van der Waals surface area contributed by atoms with Gasteiger partial charge in [0.25, 0.3) is 0 Å². The summed E-state index contributed by atoms with van der Waals surface area (Å²) < 4.78 is 16.7. The molecule has 0 aliphatic carbocycles. The molecule has 138 valence electrons. The van der Waals surface area contributed by atoms with E-state index >= 15 is 0 Å². The molecule has 1 amide bonds. The van der Waals surface area contributed by atoms with Crippen molar-refractivity contribution in [1.82, 2.24) is 29.5 Å². The molecule has 0 radical (unpaired) electrons. The standard InChI is InChI=1S/C19H19FN6O/c1-2-9-21-18(27)8-7-17-22-23-19-16-12-15(13-3-5-14(20)6-4-13)24-26(16)11-10-25(17)19/h3-6,10-12H,2,7-9H2,1H3,(H,21,27). The lowest BCUT2D eigenvalue weighted by molar-refractivity contribution is -0.121. The van der Waals surface area contributed by atoms with Gasteiger partial charge in [0.2, 0.25) is 5.91 Å². The normalized spacial score (nSPS) is 11.3. The Bertz CT molecular complexity index is 1100. The molecule has 0 aliphatic heterocycles. The number of carbonyl (C=O) groups excluding carboxylic acids is 1. The van der Waals surface area contributed by atoms with Crippen molar-refractivity contribution >= 4 is 17.1 Å². The molecule has 0 atom stereocenters. The average molecular weight is 366 g/mol. The molecule has 7 nitrogen and oxygen atoms in total. The summed E-state index contributed by atoms with van der Waals surface area (Å²) in [6.45, 7) is 2.70. The molecule has 3 aromatic heterocycles. The van der Waals surface area contributed by atoms with Gasteiger partial charge >= 0.3 is 0 Å². The quantitative estimate of drug-likeness (QED) is 0.569. The lowest BCUT2D eigenvalue weighted by Crippen LogP contribution is -2.24. The lowest BCUT2D eigenvalue weighted by atomic mass is 10.1. The molecule has 4 aromatic rings. The van der Waals surface area contributed by atoms with Crippen molar-refractivity contribution in [3.63, 3.8) is 0 Å². The van der Waals surface area contributed by atoms with Crippen molar-refractivity contribution in [3.05, 3.63) is 54.4 Å². The van der Waals surface area contributed by atoms with Crippen LogP contribution in [0.4, 0.5) is 4.39 Å². The van der Waals surface area contributed by atoms with E-state index in [9.17, 15) is 9.18 Å². The highest BCUT2D eigenvalue weighted by atomic mass is 19.1. The Morgan fingerprint density at radius 2 is 2.00 bits per heavy atom. The van der Waals surface area contributed by atoms with Gasteiger partial charge in [-0.25, -0.2) is 8.91 Å². The second kappa shape index (κ2) is 7.14. The summed E-state index contributed by atoms with van der Waals surface area (Å²) in [5.74, 6) is 0.455. The number of rotatable bonds is 6. The minimum atomic E-state index is -0.282. The van der Waals surface area contributed by atoms with E-state index in [1.54, 1.807) is 16.6 Å². The van der Waals surface area contributed by atoms with E-state index < -0.39 is 0 Å². The first-order valence-corrected chi connectivity index (χ1v) is 8.90. The SMILES string of the molecule is CCCNC(=O)CCc1nnc2c3cc(-c4ccc(F)cc4)nn3ccn12. The van der Waals surface area contributed by atoms with E-state index in [1.165, 1.54) is 12.1 Å². The maximum Gasteiger partial charge on any atom is 0.220 e. The molecule has 0 unspecified atom stereocenters. The summed E-state index contributed by atoms with van der Waals surface area (Å²) in [4.78, 5) is 11.8. The van der Waals surface area contributed by atoms with Crippen LogP contribution in [0.1, 0.15) is 25.6 Å². The highest BCUT2D eigenvalue weighted by molar-refractivity contribution is 5.77. The number of aromatic nitrogens is 5. The Morgan fingerprint density at radius 3 is 2.78 bits per heavy atom. The maximum absolute atomic E-state index is 13.1. The fourth-order valence-electron chi connectivity index (χ4n) is 2.97. The highest BCUT2D eigenvalue weighted by Crippen LogP contribution is 2.22. The van der Waals surface area contributed by atoms with Gasteiger partial charge in [0.05, 0.1) is 5.69 Å². The van der Waals surface area contributed by atoms with Gasteiger partial charge in [-0.15, -0.1) is 10.2 Å². The van der Waals surface area contributed by atoms with Crippen LogP contribution in [0, 0.1) is 5.82 Å². The monoisotopic (exact) mass is 366 g/mol. The van der Waals surface area contributed by atoms with E-state index in [0.717, 1.165) is 29.0 Å². The number of aryl methyl sites for hydroxylation is 1. The zero-order valence-corrected chi connectivity index (χ0v) is 14.9. The molecule has 3 heterocycles. The molecular weight excluding hydrogens is 347 g/mol. The number of nitrogens with one attached hydrogen (secondary N) is 1. The molecule has 27 heavy (non-hydrogen) atoms. The largest absolute Gasteiger partial charge is 0.356 e. The molecule has 8 heteroatoms. The molecular formula is C19H19FN6O. The lowest BCUT2D eigenvalue weighted by Gasteiger charge is -2.03.